The lowest BCUT2D eigenvalue weighted by Gasteiger charge is -2.15. The number of likely N-dealkylation sites (N-methyl/N-ethyl adjacent to an activating group) is 1. The summed E-state index contributed by atoms with van der Waals surface area (Å²) >= 11 is 0. The van der Waals surface area contributed by atoms with Crippen LogP contribution in [0.3, 0.4) is 0 Å². The molecule has 0 aromatic carbocycles. The molecule has 0 N–H and O–H groups in total. The smallest absolute Gasteiger partial charge is 0.0949 e. The maximum Gasteiger partial charge on any atom is 0.0949 e. The fourth-order valence-corrected chi connectivity index (χ4v) is 0.460. The molecule has 2 nitrogen and oxygen atoms in total. The lowest BCUT2D eigenvalue weighted by molar-refractivity contribution is 0.335. The summed E-state index contributed by atoms with van der Waals surface area (Å²) in [5.41, 5.74) is 0. The topological polar surface area (TPSA) is 27.0 Å². The lowest BCUT2D eigenvalue weighted by Crippen LogP contribution is -2.27. The van der Waals surface area contributed by atoms with E-state index in [1.807, 2.05) is 18.9 Å². The van der Waals surface area contributed by atoms with E-state index in [1.165, 1.54) is 0 Å². The van der Waals surface area contributed by atoms with Crippen LogP contribution in [0.2, 0.25) is 0 Å². The summed E-state index contributed by atoms with van der Waals surface area (Å²) in [6.45, 7) is 6.20. The van der Waals surface area contributed by atoms with Gasteiger partial charge in [0.1, 0.15) is 0 Å². The van der Waals surface area contributed by atoms with Gasteiger partial charge in [0.2, 0.25) is 0 Å². The first-order valence-electron chi connectivity index (χ1n) is 2.93. The Balaban J connectivity index is 3.60. The van der Waals surface area contributed by atoms with Gasteiger partial charge in [0.05, 0.1) is 12.1 Å². The summed E-state index contributed by atoms with van der Waals surface area (Å²) in [6, 6.07) is 2.12. The van der Waals surface area contributed by atoms with Crippen molar-refractivity contribution in [3.63, 3.8) is 0 Å². The van der Waals surface area contributed by atoms with Crippen molar-refractivity contribution in [1.82, 2.24) is 4.90 Å². The van der Waals surface area contributed by atoms with E-state index in [-0.39, 0.29) is 6.04 Å². The molecule has 1 unspecified atom stereocenters. The highest BCUT2D eigenvalue weighted by molar-refractivity contribution is 4.88. The van der Waals surface area contributed by atoms with Gasteiger partial charge in [-0.2, -0.15) is 5.26 Å². The molecule has 0 saturated heterocycles. The second-order valence-electron chi connectivity index (χ2n) is 2.03. The van der Waals surface area contributed by atoms with Crippen LogP contribution in [0.5, 0.6) is 0 Å². The Morgan fingerprint density at radius 3 is 2.78 bits per heavy atom. The van der Waals surface area contributed by atoms with E-state index in [9.17, 15) is 0 Å². The fraction of sp³-hybridized carbons (Fsp3) is 0.571. The molecular formula is C7H12N2. The molecule has 0 aliphatic heterocycles. The van der Waals surface area contributed by atoms with Crippen molar-refractivity contribution in [3.05, 3.63) is 12.7 Å². The minimum absolute atomic E-state index is 0.0111. The second-order valence-corrected chi connectivity index (χ2v) is 2.03. The standard InChI is InChI=1S/C7H12N2/c1-4-5-9(3)7(2)6-8/h4,7H,1,5H2,2-3H3. The summed E-state index contributed by atoms with van der Waals surface area (Å²) < 4.78 is 0. The van der Waals surface area contributed by atoms with Crippen molar-refractivity contribution in [3.8, 4) is 6.07 Å². The first-order valence-corrected chi connectivity index (χ1v) is 2.93. The maximum absolute atomic E-state index is 8.41. The van der Waals surface area contributed by atoms with E-state index in [0.717, 1.165) is 6.54 Å². The van der Waals surface area contributed by atoms with Crippen LogP contribution in [0.15, 0.2) is 12.7 Å². The molecule has 0 amide bonds. The third-order valence-corrected chi connectivity index (χ3v) is 1.27. The fourth-order valence-electron chi connectivity index (χ4n) is 0.460. The summed E-state index contributed by atoms with van der Waals surface area (Å²) in [5, 5.41) is 8.41. The molecule has 0 aliphatic rings. The Morgan fingerprint density at radius 2 is 2.44 bits per heavy atom. The van der Waals surface area contributed by atoms with Gasteiger partial charge in [0.25, 0.3) is 0 Å². The van der Waals surface area contributed by atoms with Crippen LogP contribution in [-0.4, -0.2) is 24.5 Å². The van der Waals surface area contributed by atoms with Gasteiger partial charge in [-0.3, -0.25) is 4.90 Å². The van der Waals surface area contributed by atoms with E-state index < -0.39 is 0 Å². The van der Waals surface area contributed by atoms with Crippen LogP contribution in [0, 0.1) is 11.3 Å². The van der Waals surface area contributed by atoms with E-state index in [1.54, 1.807) is 6.08 Å². The van der Waals surface area contributed by atoms with E-state index in [2.05, 4.69) is 12.6 Å². The molecule has 0 radical (unpaired) electrons. The highest BCUT2D eigenvalue weighted by Gasteiger charge is 2.02. The Bertz CT molecular complexity index is 123. The molecule has 1 atom stereocenters. The maximum atomic E-state index is 8.41. The van der Waals surface area contributed by atoms with Crippen LogP contribution in [0.1, 0.15) is 6.92 Å². The van der Waals surface area contributed by atoms with E-state index >= 15 is 0 Å². The summed E-state index contributed by atoms with van der Waals surface area (Å²) in [6.07, 6.45) is 1.79. The molecule has 2 heteroatoms. The Labute approximate surface area is 56.4 Å². The largest absolute Gasteiger partial charge is 0.288 e. The number of rotatable bonds is 3. The van der Waals surface area contributed by atoms with Crippen LogP contribution < -0.4 is 0 Å². The monoisotopic (exact) mass is 124 g/mol. The molecule has 0 saturated carbocycles. The number of hydrogen-bond donors (Lipinski definition) is 0. The molecule has 0 bridgehead atoms. The third kappa shape index (κ3) is 2.89. The zero-order valence-electron chi connectivity index (χ0n) is 5.96. The van der Waals surface area contributed by atoms with Crippen molar-refractivity contribution >= 4 is 0 Å². The van der Waals surface area contributed by atoms with Crippen LogP contribution in [0.4, 0.5) is 0 Å². The summed E-state index contributed by atoms with van der Waals surface area (Å²) in [5.74, 6) is 0. The van der Waals surface area contributed by atoms with Crippen molar-refractivity contribution in [1.29, 1.82) is 5.26 Å². The average Bonchev–Trinajstić information content (AvgIpc) is 1.87. The number of nitrogens with zero attached hydrogens (tertiary/aromatic N) is 2. The summed E-state index contributed by atoms with van der Waals surface area (Å²) in [4.78, 5) is 1.92. The van der Waals surface area contributed by atoms with Gasteiger partial charge in [-0.15, -0.1) is 6.58 Å². The first-order chi connectivity index (χ1) is 4.22. The molecule has 0 aromatic heterocycles. The predicted molar refractivity (Wildman–Crippen MR) is 37.9 cm³/mol. The molecule has 0 spiro atoms. The minimum Gasteiger partial charge on any atom is -0.288 e. The number of hydrogen-bond acceptors (Lipinski definition) is 2. The number of nitriles is 1. The molecule has 50 valence electrons. The molecule has 9 heavy (non-hydrogen) atoms. The third-order valence-electron chi connectivity index (χ3n) is 1.27. The second kappa shape index (κ2) is 4.11. The lowest BCUT2D eigenvalue weighted by atomic mass is 10.3. The van der Waals surface area contributed by atoms with Crippen LogP contribution >= 0.6 is 0 Å². The Kier molecular flexibility index (Phi) is 3.74. The van der Waals surface area contributed by atoms with Gasteiger partial charge in [0.15, 0.2) is 0 Å². The highest BCUT2D eigenvalue weighted by atomic mass is 15.1. The molecular weight excluding hydrogens is 112 g/mol. The quantitative estimate of drug-likeness (QED) is 0.525. The molecule has 0 fully saturated rings. The van der Waals surface area contributed by atoms with E-state index in [4.69, 9.17) is 5.26 Å². The van der Waals surface area contributed by atoms with Crippen LogP contribution in [-0.2, 0) is 0 Å². The van der Waals surface area contributed by atoms with Crippen molar-refractivity contribution in [2.45, 2.75) is 13.0 Å². The SMILES string of the molecule is C=CCN(C)C(C)C#N. The Hall–Kier alpha value is -0.810. The van der Waals surface area contributed by atoms with Gasteiger partial charge < -0.3 is 0 Å². The molecule has 0 heterocycles. The van der Waals surface area contributed by atoms with Crippen molar-refractivity contribution in [2.75, 3.05) is 13.6 Å². The highest BCUT2D eigenvalue weighted by Crippen LogP contribution is 1.91. The average molecular weight is 124 g/mol. The zero-order valence-corrected chi connectivity index (χ0v) is 5.96. The summed E-state index contributed by atoms with van der Waals surface area (Å²) in [7, 11) is 1.90. The van der Waals surface area contributed by atoms with Crippen molar-refractivity contribution < 1.29 is 0 Å². The van der Waals surface area contributed by atoms with Crippen molar-refractivity contribution in [2.24, 2.45) is 0 Å². The van der Waals surface area contributed by atoms with Gasteiger partial charge >= 0.3 is 0 Å². The van der Waals surface area contributed by atoms with Gasteiger partial charge in [0, 0.05) is 6.54 Å². The minimum atomic E-state index is -0.0111. The molecule has 0 aliphatic carbocycles. The van der Waals surface area contributed by atoms with E-state index in [0.29, 0.717) is 0 Å². The van der Waals surface area contributed by atoms with Crippen LogP contribution in [0.25, 0.3) is 0 Å². The molecule has 0 rings (SSSR count). The first kappa shape index (κ1) is 8.19. The normalized spacial score (nSPS) is 12.7. The van der Waals surface area contributed by atoms with Gasteiger partial charge in [-0.1, -0.05) is 6.08 Å². The van der Waals surface area contributed by atoms with Gasteiger partial charge in [-0.25, -0.2) is 0 Å². The predicted octanol–water partition coefficient (Wildman–Crippen LogP) is 1.02. The Morgan fingerprint density at radius 1 is 1.89 bits per heavy atom. The zero-order chi connectivity index (χ0) is 7.28. The van der Waals surface area contributed by atoms with Gasteiger partial charge in [-0.05, 0) is 14.0 Å². The molecule has 0 aromatic rings.